The van der Waals surface area contributed by atoms with Crippen LogP contribution >= 0.6 is 0 Å². The second kappa shape index (κ2) is 7.04. The number of ether oxygens (including phenoxy) is 3. The molecule has 24 heavy (non-hydrogen) atoms. The van der Waals surface area contributed by atoms with E-state index in [4.69, 9.17) is 14.2 Å². The van der Waals surface area contributed by atoms with Crippen LogP contribution in [0.3, 0.4) is 0 Å². The maximum atomic E-state index is 11.1. The molecule has 0 amide bonds. The van der Waals surface area contributed by atoms with E-state index in [1.54, 1.807) is 12.1 Å². The van der Waals surface area contributed by atoms with Crippen molar-refractivity contribution in [2.24, 2.45) is 0 Å². The fourth-order valence-corrected chi connectivity index (χ4v) is 3.25. The predicted octanol–water partition coefficient (Wildman–Crippen LogP) is 2.72. The van der Waals surface area contributed by atoms with Gasteiger partial charge in [0.1, 0.15) is 5.75 Å². The fraction of sp³-hybridized carbons (Fsp3) is 0.647. The number of hydrogen-bond acceptors (Lipinski definition) is 6. The molecule has 1 aromatic rings. The summed E-state index contributed by atoms with van der Waals surface area (Å²) in [5, 5.41) is 11.1. The molecule has 2 aliphatic rings. The number of nitro groups is 1. The Morgan fingerprint density at radius 1 is 1.29 bits per heavy atom. The number of likely N-dealkylation sites (tertiary alicyclic amines) is 1. The summed E-state index contributed by atoms with van der Waals surface area (Å²) in [6.07, 6.45) is 1.67. The van der Waals surface area contributed by atoms with Crippen LogP contribution in [0, 0.1) is 10.1 Å². The van der Waals surface area contributed by atoms with Crippen LogP contribution in [0.4, 0.5) is 5.69 Å². The van der Waals surface area contributed by atoms with E-state index in [2.05, 4.69) is 4.90 Å². The molecule has 0 saturated carbocycles. The van der Waals surface area contributed by atoms with Crippen molar-refractivity contribution in [2.75, 3.05) is 26.3 Å². The third-order valence-corrected chi connectivity index (χ3v) is 4.44. The lowest BCUT2D eigenvalue weighted by molar-refractivity contribution is -0.385. The number of piperidine rings is 1. The van der Waals surface area contributed by atoms with Gasteiger partial charge in [-0.3, -0.25) is 15.0 Å². The van der Waals surface area contributed by atoms with Gasteiger partial charge in [-0.1, -0.05) is 0 Å². The SMILES string of the molecule is CC(C)Oc1ccc([N+](=O)[O-])cc1CN1CCC2(CC1)OCCO2. The Labute approximate surface area is 141 Å². The van der Waals surface area contributed by atoms with Gasteiger partial charge >= 0.3 is 0 Å². The summed E-state index contributed by atoms with van der Waals surface area (Å²) in [7, 11) is 0. The van der Waals surface area contributed by atoms with E-state index in [0.29, 0.717) is 25.5 Å². The maximum Gasteiger partial charge on any atom is 0.270 e. The Hall–Kier alpha value is -1.70. The molecule has 2 heterocycles. The molecule has 3 rings (SSSR count). The van der Waals surface area contributed by atoms with Crippen molar-refractivity contribution in [3.8, 4) is 5.75 Å². The molecule has 0 bridgehead atoms. The largest absolute Gasteiger partial charge is 0.491 e. The highest BCUT2D eigenvalue weighted by Crippen LogP contribution is 2.33. The van der Waals surface area contributed by atoms with Gasteiger partial charge in [0.15, 0.2) is 5.79 Å². The molecular weight excluding hydrogens is 312 g/mol. The summed E-state index contributed by atoms with van der Waals surface area (Å²) < 4.78 is 17.3. The van der Waals surface area contributed by atoms with E-state index in [0.717, 1.165) is 31.5 Å². The van der Waals surface area contributed by atoms with Gasteiger partial charge in [0, 0.05) is 50.2 Å². The molecule has 2 saturated heterocycles. The first-order valence-electron chi connectivity index (χ1n) is 8.42. The fourth-order valence-electron chi connectivity index (χ4n) is 3.25. The zero-order valence-electron chi connectivity index (χ0n) is 14.2. The van der Waals surface area contributed by atoms with Crippen LogP contribution in [0.25, 0.3) is 0 Å². The number of nitrogens with zero attached hydrogens (tertiary/aromatic N) is 2. The topological polar surface area (TPSA) is 74.1 Å². The number of rotatable bonds is 5. The lowest BCUT2D eigenvalue weighted by atomic mass is 10.0. The van der Waals surface area contributed by atoms with Crippen molar-refractivity contribution >= 4 is 5.69 Å². The minimum atomic E-state index is -0.406. The molecular formula is C17H24N2O5. The van der Waals surface area contributed by atoms with Gasteiger partial charge in [0.25, 0.3) is 5.69 Å². The van der Waals surface area contributed by atoms with E-state index in [9.17, 15) is 10.1 Å². The van der Waals surface area contributed by atoms with E-state index >= 15 is 0 Å². The molecule has 7 nitrogen and oxygen atoms in total. The molecule has 0 N–H and O–H groups in total. The van der Waals surface area contributed by atoms with Gasteiger partial charge in [-0.15, -0.1) is 0 Å². The second-order valence-electron chi connectivity index (χ2n) is 6.60. The van der Waals surface area contributed by atoms with Crippen LogP contribution in [-0.2, 0) is 16.0 Å². The monoisotopic (exact) mass is 336 g/mol. The number of hydrogen-bond donors (Lipinski definition) is 0. The molecule has 2 fully saturated rings. The molecule has 1 aromatic carbocycles. The Balaban J connectivity index is 1.71. The zero-order chi connectivity index (χ0) is 17.2. The zero-order valence-corrected chi connectivity index (χ0v) is 14.2. The van der Waals surface area contributed by atoms with Crippen LogP contribution in [0.2, 0.25) is 0 Å². The standard InChI is InChI=1S/C17H24N2O5/c1-13(2)24-16-4-3-15(19(20)21)11-14(16)12-18-7-5-17(6-8-18)22-9-10-23-17/h3-4,11,13H,5-10,12H2,1-2H3. The van der Waals surface area contributed by atoms with Crippen molar-refractivity contribution in [1.82, 2.24) is 4.90 Å². The smallest absolute Gasteiger partial charge is 0.270 e. The Bertz CT molecular complexity index is 589. The van der Waals surface area contributed by atoms with Crippen LogP contribution in [-0.4, -0.2) is 48.0 Å². The predicted molar refractivity (Wildman–Crippen MR) is 88.0 cm³/mol. The van der Waals surface area contributed by atoms with E-state index < -0.39 is 5.79 Å². The molecule has 132 valence electrons. The van der Waals surface area contributed by atoms with Gasteiger partial charge in [0.05, 0.1) is 24.2 Å². The lowest BCUT2D eigenvalue weighted by Gasteiger charge is -2.37. The van der Waals surface area contributed by atoms with Crippen molar-refractivity contribution in [3.05, 3.63) is 33.9 Å². The summed E-state index contributed by atoms with van der Waals surface area (Å²) in [5.74, 6) is 0.306. The molecule has 0 aromatic heterocycles. The van der Waals surface area contributed by atoms with Crippen molar-refractivity contribution in [1.29, 1.82) is 0 Å². The first-order valence-corrected chi connectivity index (χ1v) is 8.42. The lowest BCUT2D eigenvalue weighted by Crippen LogP contribution is -2.44. The van der Waals surface area contributed by atoms with Gasteiger partial charge in [-0.05, 0) is 19.9 Å². The highest BCUT2D eigenvalue weighted by atomic mass is 16.7. The van der Waals surface area contributed by atoms with Gasteiger partial charge < -0.3 is 14.2 Å². The minimum Gasteiger partial charge on any atom is -0.491 e. The molecule has 1 spiro atoms. The van der Waals surface area contributed by atoms with E-state index in [-0.39, 0.29) is 16.7 Å². The summed E-state index contributed by atoms with van der Waals surface area (Å²) in [6, 6.07) is 4.80. The second-order valence-corrected chi connectivity index (χ2v) is 6.60. The molecule has 7 heteroatoms. The summed E-state index contributed by atoms with van der Waals surface area (Å²) in [5.41, 5.74) is 0.944. The molecule has 0 unspecified atom stereocenters. The van der Waals surface area contributed by atoms with Crippen molar-refractivity contribution in [3.63, 3.8) is 0 Å². The highest BCUT2D eigenvalue weighted by molar-refractivity contribution is 5.44. The van der Waals surface area contributed by atoms with E-state index in [1.807, 2.05) is 13.8 Å². The first kappa shape index (κ1) is 17.1. The molecule has 0 radical (unpaired) electrons. The average molecular weight is 336 g/mol. The maximum absolute atomic E-state index is 11.1. The Morgan fingerprint density at radius 2 is 1.96 bits per heavy atom. The highest BCUT2D eigenvalue weighted by Gasteiger charge is 2.39. The number of benzene rings is 1. The Kier molecular flexibility index (Phi) is 5.03. The molecule has 2 aliphatic heterocycles. The molecule has 0 atom stereocenters. The average Bonchev–Trinajstić information content (AvgIpc) is 2.99. The first-order chi connectivity index (χ1) is 11.5. The van der Waals surface area contributed by atoms with Crippen LogP contribution in [0.15, 0.2) is 18.2 Å². The van der Waals surface area contributed by atoms with Gasteiger partial charge in [-0.2, -0.15) is 0 Å². The van der Waals surface area contributed by atoms with Crippen molar-refractivity contribution < 1.29 is 19.1 Å². The normalized spacial score (nSPS) is 20.6. The van der Waals surface area contributed by atoms with Crippen LogP contribution in [0.5, 0.6) is 5.75 Å². The number of non-ortho nitro benzene ring substituents is 1. The quantitative estimate of drug-likeness (QED) is 0.608. The summed E-state index contributed by atoms with van der Waals surface area (Å²) in [6.45, 7) is 7.52. The van der Waals surface area contributed by atoms with Gasteiger partial charge in [-0.25, -0.2) is 0 Å². The van der Waals surface area contributed by atoms with Crippen LogP contribution < -0.4 is 4.74 Å². The van der Waals surface area contributed by atoms with Gasteiger partial charge in [0.2, 0.25) is 0 Å². The minimum absolute atomic E-state index is 0.0233. The third kappa shape index (κ3) is 3.85. The Morgan fingerprint density at radius 3 is 2.54 bits per heavy atom. The van der Waals surface area contributed by atoms with Crippen LogP contribution in [0.1, 0.15) is 32.3 Å². The summed E-state index contributed by atoms with van der Waals surface area (Å²) in [4.78, 5) is 13.0. The van der Waals surface area contributed by atoms with E-state index in [1.165, 1.54) is 6.07 Å². The molecule has 0 aliphatic carbocycles. The third-order valence-electron chi connectivity index (χ3n) is 4.44. The number of nitro benzene ring substituents is 1. The van der Waals surface area contributed by atoms with Crippen molar-refractivity contribution in [2.45, 2.75) is 45.1 Å². The summed E-state index contributed by atoms with van der Waals surface area (Å²) >= 11 is 0.